The Balaban J connectivity index is 2.57. The third-order valence-corrected chi connectivity index (χ3v) is 3.11. The lowest BCUT2D eigenvalue weighted by Crippen LogP contribution is -2.33. The fourth-order valence-corrected chi connectivity index (χ4v) is 2.10. The van der Waals surface area contributed by atoms with Crippen LogP contribution in [0.2, 0.25) is 0 Å². The number of carboxylic acids is 1. The van der Waals surface area contributed by atoms with Crippen LogP contribution in [-0.4, -0.2) is 23.0 Å². The molecule has 1 atom stereocenters. The van der Waals surface area contributed by atoms with Crippen LogP contribution < -0.4 is 5.32 Å². The minimum absolute atomic E-state index is 0.0224. The molecule has 1 aromatic rings. The molecule has 19 heavy (non-hydrogen) atoms. The van der Waals surface area contributed by atoms with Crippen LogP contribution in [-0.2, 0) is 4.79 Å². The van der Waals surface area contributed by atoms with E-state index < -0.39 is 5.97 Å². The Labute approximate surface area is 113 Å². The SMILES string of the molecule is Cc1cccc(C)c1C(=O)NC(C)CCCC(=O)O. The molecule has 0 saturated carbocycles. The maximum absolute atomic E-state index is 12.2. The number of carbonyl (C=O) groups excluding carboxylic acids is 1. The van der Waals surface area contributed by atoms with Crippen LogP contribution in [0.25, 0.3) is 0 Å². The summed E-state index contributed by atoms with van der Waals surface area (Å²) in [5.41, 5.74) is 2.62. The van der Waals surface area contributed by atoms with Crippen LogP contribution in [0, 0.1) is 13.8 Å². The molecule has 0 aliphatic rings. The minimum Gasteiger partial charge on any atom is -0.481 e. The van der Waals surface area contributed by atoms with Crippen molar-refractivity contribution < 1.29 is 14.7 Å². The molecule has 1 amide bonds. The summed E-state index contributed by atoms with van der Waals surface area (Å²) in [5.74, 6) is -0.883. The fraction of sp³-hybridized carbons (Fsp3) is 0.467. The lowest BCUT2D eigenvalue weighted by atomic mass is 10.0. The lowest BCUT2D eigenvalue weighted by molar-refractivity contribution is -0.137. The van der Waals surface area contributed by atoms with Gasteiger partial charge in [-0.15, -0.1) is 0 Å². The molecule has 1 unspecified atom stereocenters. The second-order valence-corrected chi connectivity index (χ2v) is 4.93. The van der Waals surface area contributed by atoms with E-state index in [1.54, 1.807) is 0 Å². The molecule has 104 valence electrons. The Kier molecular flexibility index (Phi) is 5.55. The molecule has 1 aromatic carbocycles. The van der Waals surface area contributed by atoms with E-state index in [0.29, 0.717) is 18.4 Å². The van der Waals surface area contributed by atoms with E-state index in [0.717, 1.165) is 11.1 Å². The van der Waals surface area contributed by atoms with E-state index in [1.165, 1.54) is 0 Å². The van der Waals surface area contributed by atoms with Crippen LogP contribution in [0.4, 0.5) is 0 Å². The number of aryl methyl sites for hydroxylation is 2. The van der Waals surface area contributed by atoms with E-state index in [4.69, 9.17) is 5.11 Å². The summed E-state index contributed by atoms with van der Waals surface area (Å²) in [7, 11) is 0. The molecule has 0 heterocycles. The maximum atomic E-state index is 12.2. The zero-order chi connectivity index (χ0) is 14.4. The van der Waals surface area contributed by atoms with Gasteiger partial charge >= 0.3 is 5.97 Å². The minimum atomic E-state index is -0.798. The van der Waals surface area contributed by atoms with Crippen molar-refractivity contribution in [1.82, 2.24) is 5.32 Å². The highest BCUT2D eigenvalue weighted by Crippen LogP contribution is 2.13. The van der Waals surface area contributed by atoms with Gasteiger partial charge in [0.15, 0.2) is 0 Å². The first-order chi connectivity index (χ1) is 8.91. The van der Waals surface area contributed by atoms with Gasteiger partial charge in [-0.25, -0.2) is 0 Å². The topological polar surface area (TPSA) is 66.4 Å². The number of aliphatic carboxylic acids is 1. The Hall–Kier alpha value is -1.84. The summed E-state index contributed by atoms with van der Waals surface area (Å²) in [6.07, 6.45) is 1.39. The number of rotatable bonds is 6. The van der Waals surface area contributed by atoms with Gasteiger partial charge in [-0.3, -0.25) is 9.59 Å². The fourth-order valence-electron chi connectivity index (χ4n) is 2.10. The van der Waals surface area contributed by atoms with Gasteiger partial charge in [0.25, 0.3) is 5.91 Å². The number of carboxylic acid groups (broad SMARTS) is 1. The molecule has 0 aliphatic carbocycles. The highest BCUT2D eigenvalue weighted by atomic mass is 16.4. The molecule has 4 nitrogen and oxygen atoms in total. The van der Waals surface area contributed by atoms with Crippen molar-refractivity contribution in [3.63, 3.8) is 0 Å². The molecule has 0 bridgehead atoms. The predicted octanol–water partition coefficient (Wildman–Crippen LogP) is 2.68. The summed E-state index contributed by atoms with van der Waals surface area (Å²) in [5, 5.41) is 11.5. The van der Waals surface area contributed by atoms with Gasteiger partial charge in [0.2, 0.25) is 0 Å². The molecule has 0 aromatic heterocycles. The largest absolute Gasteiger partial charge is 0.481 e. The molecule has 0 saturated heterocycles. The van der Waals surface area contributed by atoms with Crippen LogP contribution >= 0.6 is 0 Å². The van der Waals surface area contributed by atoms with Crippen LogP contribution in [0.3, 0.4) is 0 Å². The van der Waals surface area contributed by atoms with Crippen LogP contribution in [0.1, 0.15) is 47.7 Å². The molecule has 2 N–H and O–H groups in total. The second-order valence-electron chi connectivity index (χ2n) is 4.93. The van der Waals surface area contributed by atoms with Crippen molar-refractivity contribution in [2.24, 2.45) is 0 Å². The van der Waals surface area contributed by atoms with E-state index >= 15 is 0 Å². The van der Waals surface area contributed by atoms with Gasteiger partial charge in [0.05, 0.1) is 0 Å². The highest BCUT2D eigenvalue weighted by molar-refractivity contribution is 5.97. The first-order valence-electron chi connectivity index (χ1n) is 6.50. The smallest absolute Gasteiger partial charge is 0.303 e. The van der Waals surface area contributed by atoms with E-state index in [9.17, 15) is 9.59 Å². The van der Waals surface area contributed by atoms with Crippen molar-refractivity contribution in [2.75, 3.05) is 0 Å². The van der Waals surface area contributed by atoms with E-state index in [2.05, 4.69) is 5.32 Å². The normalized spacial score (nSPS) is 11.9. The van der Waals surface area contributed by atoms with Crippen LogP contribution in [0.15, 0.2) is 18.2 Å². The highest BCUT2D eigenvalue weighted by Gasteiger charge is 2.14. The van der Waals surface area contributed by atoms with Crippen molar-refractivity contribution >= 4 is 11.9 Å². The van der Waals surface area contributed by atoms with E-state index in [-0.39, 0.29) is 18.4 Å². The standard InChI is InChI=1S/C15H21NO3/c1-10-6-4-7-11(2)14(10)15(19)16-12(3)8-5-9-13(17)18/h4,6-7,12H,5,8-9H2,1-3H3,(H,16,19)(H,17,18). The Morgan fingerprint density at radius 2 is 1.84 bits per heavy atom. The first kappa shape index (κ1) is 15.2. The third kappa shape index (κ3) is 4.73. The monoisotopic (exact) mass is 263 g/mol. The second kappa shape index (κ2) is 6.92. The molecule has 4 heteroatoms. The molecule has 0 aliphatic heterocycles. The van der Waals surface area contributed by atoms with Gasteiger partial charge < -0.3 is 10.4 Å². The average Bonchev–Trinajstić information content (AvgIpc) is 2.27. The Morgan fingerprint density at radius 1 is 1.26 bits per heavy atom. The quantitative estimate of drug-likeness (QED) is 0.829. The van der Waals surface area contributed by atoms with Gasteiger partial charge in [-0.2, -0.15) is 0 Å². The number of benzene rings is 1. The van der Waals surface area contributed by atoms with Gasteiger partial charge in [0, 0.05) is 18.0 Å². The predicted molar refractivity (Wildman–Crippen MR) is 74.3 cm³/mol. The lowest BCUT2D eigenvalue weighted by Gasteiger charge is -2.15. The van der Waals surface area contributed by atoms with Gasteiger partial charge in [0.1, 0.15) is 0 Å². The van der Waals surface area contributed by atoms with E-state index in [1.807, 2.05) is 39.0 Å². The molecule has 0 fully saturated rings. The average molecular weight is 263 g/mol. The molecular formula is C15H21NO3. The van der Waals surface area contributed by atoms with Crippen molar-refractivity contribution in [3.8, 4) is 0 Å². The summed E-state index contributed by atoms with van der Waals surface area (Å²) < 4.78 is 0. The summed E-state index contributed by atoms with van der Waals surface area (Å²) in [4.78, 5) is 22.6. The number of amides is 1. The number of carbonyl (C=O) groups is 2. The van der Waals surface area contributed by atoms with Crippen molar-refractivity contribution in [1.29, 1.82) is 0 Å². The Bertz CT molecular complexity index is 448. The number of hydrogen-bond acceptors (Lipinski definition) is 2. The molecule has 0 radical (unpaired) electrons. The summed E-state index contributed by atoms with van der Waals surface area (Å²) in [6, 6.07) is 5.73. The maximum Gasteiger partial charge on any atom is 0.303 e. The summed E-state index contributed by atoms with van der Waals surface area (Å²) >= 11 is 0. The van der Waals surface area contributed by atoms with Crippen molar-refractivity contribution in [2.45, 2.75) is 46.1 Å². The van der Waals surface area contributed by atoms with Gasteiger partial charge in [-0.05, 0) is 44.7 Å². The molecule has 0 spiro atoms. The third-order valence-electron chi connectivity index (χ3n) is 3.11. The Morgan fingerprint density at radius 3 is 2.37 bits per heavy atom. The number of nitrogens with one attached hydrogen (secondary N) is 1. The summed E-state index contributed by atoms with van der Waals surface area (Å²) in [6.45, 7) is 5.72. The number of hydrogen-bond donors (Lipinski definition) is 2. The van der Waals surface area contributed by atoms with Crippen molar-refractivity contribution in [3.05, 3.63) is 34.9 Å². The van der Waals surface area contributed by atoms with Crippen LogP contribution in [0.5, 0.6) is 0 Å². The zero-order valence-electron chi connectivity index (χ0n) is 11.7. The van der Waals surface area contributed by atoms with Gasteiger partial charge in [-0.1, -0.05) is 18.2 Å². The first-order valence-corrected chi connectivity index (χ1v) is 6.50. The zero-order valence-corrected chi connectivity index (χ0v) is 11.7. The molecular weight excluding hydrogens is 242 g/mol. The molecule has 1 rings (SSSR count).